The highest BCUT2D eigenvalue weighted by Gasteiger charge is 1.88. The third kappa shape index (κ3) is 5.92. The van der Waals surface area contributed by atoms with Crippen molar-refractivity contribution < 1.29 is 4.74 Å². The molecule has 0 aliphatic rings. The van der Waals surface area contributed by atoms with Gasteiger partial charge in [-0.25, -0.2) is 0 Å². The number of methoxy groups -OCH3 is 1. The van der Waals surface area contributed by atoms with Crippen LogP contribution in [0, 0.1) is 5.92 Å². The minimum Gasteiger partial charge on any atom is -0.370 e. The van der Waals surface area contributed by atoms with Crippen LogP contribution in [-0.2, 0) is 4.74 Å². The van der Waals surface area contributed by atoms with Crippen LogP contribution in [0.5, 0.6) is 0 Å². The van der Waals surface area contributed by atoms with E-state index in [9.17, 15) is 0 Å². The molecule has 0 rings (SSSR count). The molecule has 0 fully saturated rings. The van der Waals surface area contributed by atoms with E-state index in [0.29, 0.717) is 12.6 Å². The lowest BCUT2D eigenvalue weighted by Gasteiger charge is -2.04. The van der Waals surface area contributed by atoms with Gasteiger partial charge in [0, 0.05) is 7.11 Å². The van der Waals surface area contributed by atoms with Gasteiger partial charge >= 0.3 is 0 Å². The van der Waals surface area contributed by atoms with Crippen molar-refractivity contribution in [3.05, 3.63) is 0 Å². The van der Waals surface area contributed by atoms with Crippen molar-refractivity contribution in [1.29, 1.82) is 0 Å². The molecule has 2 nitrogen and oxygen atoms in total. The fraction of sp³-hybridized carbons (Fsp3) is 1.00. The lowest BCUT2D eigenvalue weighted by Crippen LogP contribution is -2.21. The van der Waals surface area contributed by atoms with Gasteiger partial charge in [0.15, 0.2) is 0 Å². The molecule has 0 heterocycles. The summed E-state index contributed by atoms with van der Waals surface area (Å²) in [5.41, 5.74) is 0. The van der Waals surface area contributed by atoms with Crippen molar-refractivity contribution in [2.24, 2.45) is 5.92 Å². The molecule has 2 heteroatoms. The predicted molar refractivity (Wildman–Crippen MR) is 34.7 cm³/mol. The molecule has 8 heavy (non-hydrogen) atoms. The summed E-state index contributed by atoms with van der Waals surface area (Å²) in [6.45, 7) is 6.04. The van der Waals surface area contributed by atoms with E-state index >= 15 is 0 Å². The van der Waals surface area contributed by atoms with Crippen molar-refractivity contribution in [2.45, 2.75) is 13.8 Å². The third-order valence-corrected chi connectivity index (χ3v) is 0.799. The largest absolute Gasteiger partial charge is 0.370 e. The maximum atomic E-state index is 4.78. The maximum absolute atomic E-state index is 4.78. The zero-order chi connectivity index (χ0) is 6.41. The first-order chi connectivity index (χ1) is 3.77. The van der Waals surface area contributed by atoms with Gasteiger partial charge in [0.1, 0.15) is 0 Å². The van der Waals surface area contributed by atoms with Crippen LogP contribution in [0.3, 0.4) is 0 Å². The molecular formula is C6H15NO. The Morgan fingerprint density at radius 3 is 2.50 bits per heavy atom. The molecule has 50 valence electrons. The molecule has 0 saturated heterocycles. The summed E-state index contributed by atoms with van der Waals surface area (Å²) < 4.78 is 4.78. The lowest BCUT2D eigenvalue weighted by molar-refractivity contribution is 0.172. The van der Waals surface area contributed by atoms with E-state index in [1.165, 1.54) is 0 Å². The SMILES string of the molecule is COCNCC(C)C. The Bertz CT molecular complexity index is 45.8. The van der Waals surface area contributed by atoms with Crippen LogP contribution in [-0.4, -0.2) is 20.4 Å². The zero-order valence-electron chi connectivity index (χ0n) is 5.90. The summed E-state index contributed by atoms with van der Waals surface area (Å²) >= 11 is 0. The van der Waals surface area contributed by atoms with E-state index in [0.717, 1.165) is 6.54 Å². The Kier molecular flexibility index (Phi) is 5.01. The predicted octanol–water partition coefficient (Wildman–Crippen LogP) is 0.836. The van der Waals surface area contributed by atoms with Gasteiger partial charge in [-0.05, 0) is 12.5 Å². The number of hydrogen-bond donors (Lipinski definition) is 1. The molecule has 0 aliphatic heterocycles. The van der Waals surface area contributed by atoms with Crippen LogP contribution < -0.4 is 5.32 Å². The highest BCUT2D eigenvalue weighted by molar-refractivity contribution is 4.44. The van der Waals surface area contributed by atoms with Crippen LogP contribution >= 0.6 is 0 Å². The van der Waals surface area contributed by atoms with Gasteiger partial charge in [-0.1, -0.05) is 13.8 Å². The second-order valence-electron chi connectivity index (χ2n) is 2.28. The lowest BCUT2D eigenvalue weighted by atomic mass is 10.2. The topological polar surface area (TPSA) is 21.3 Å². The smallest absolute Gasteiger partial charge is 0.0961 e. The fourth-order valence-electron chi connectivity index (χ4n) is 0.450. The van der Waals surface area contributed by atoms with Crippen molar-refractivity contribution in [3.63, 3.8) is 0 Å². The molecule has 0 atom stereocenters. The molecule has 0 bridgehead atoms. The Morgan fingerprint density at radius 1 is 1.50 bits per heavy atom. The Labute approximate surface area is 51.2 Å². The van der Waals surface area contributed by atoms with E-state index < -0.39 is 0 Å². The number of ether oxygens (including phenoxy) is 1. The molecule has 0 amide bonds. The standard InChI is InChI=1S/C6H15NO/c1-6(2)4-7-5-8-3/h6-7H,4-5H2,1-3H3. The first-order valence-electron chi connectivity index (χ1n) is 2.97. The van der Waals surface area contributed by atoms with E-state index in [1.54, 1.807) is 7.11 Å². The maximum Gasteiger partial charge on any atom is 0.0961 e. The summed E-state index contributed by atoms with van der Waals surface area (Å²) in [4.78, 5) is 0. The fourth-order valence-corrected chi connectivity index (χ4v) is 0.450. The summed E-state index contributed by atoms with van der Waals surface area (Å²) in [5, 5.41) is 3.11. The van der Waals surface area contributed by atoms with Crippen LogP contribution in [0.4, 0.5) is 0 Å². The average Bonchev–Trinajstić information content (AvgIpc) is 1.66. The number of nitrogens with one attached hydrogen (secondary N) is 1. The molecule has 0 spiro atoms. The van der Waals surface area contributed by atoms with Gasteiger partial charge in [-0.2, -0.15) is 0 Å². The summed E-state index contributed by atoms with van der Waals surface area (Å²) in [6, 6.07) is 0. The van der Waals surface area contributed by atoms with E-state index in [2.05, 4.69) is 19.2 Å². The minimum atomic E-state index is 0.665. The van der Waals surface area contributed by atoms with E-state index in [4.69, 9.17) is 4.74 Å². The molecule has 0 aliphatic carbocycles. The normalized spacial score (nSPS) is 10.5. The quantitative estimate of drug-likeness (QED) is 0.435. The second-order valence-corrected chi connectivity index (χ2v) is 2.28. The Balaban J connectivity index is 2.72. The Morgan fingerprint density at radius 2 is 2.12 bits per heavy atom. The van der Waals surface area contributed by atoms with Crippen LogP contribution in [0.25, 0.3) is 0 Å². The molecule has 0 radical (unpaired) electrons. The molecule has 1 N–H and O–H groups in total. The van der Waals surface area contributed by atoms with Gasteiger partial charge in [-0.3, -0.25) is 5.32 Å². The molecule has 0 aromatic rings. The van der Waals surface area contributed by atoms with Gasteiger partial charge in [0.2, 0.25) is 0 Å². The summed E-state index contributed by atoms with van der Waals surface area (Å²) in [6.07, 6.45) is 0. The zero-order valence-corrected chi connectivity index (χ0v) is 5.90. The molecular weight excluding hydrogens is 102 g/mol. The van der Waals surface area contributed by atoms with E-state index in [1.807, 2.05) is 0 Å². The van der Waals surface area contributed by atoms with Gasteiger partial charge in [0.05, 0.1) is 6.73 Å². The third-order valence-electron chi connectivity index (χ3n) is 0.799. The first-order valence-corrected chi connectivity index (χ1v) is 2.97. The van der Waals surface area contributed by atoms with Crippen molar-refractivity contribution in [1.82, 2.24) is 5.32 Å². The van der Waals surface area contributed by atoms with Crippen molar-refractivity contribution >= 4 is 0 Å². The first kappa shape index (κ1) is 7.92. The molecule has 0 saturated carbocycles. The van der Waals surface area contributed by atoms with Crippen LogP contribution in [0.1, 0.15) is 13.8 Å². The average molecular weight is 117 g/mol. The highest BCUT2D eigenvalue weighted by Crippen LogP contribution is 1.85. The number of hydrogen-bond acceptors (Lipinski definition) is 2. The van der Waals surface area contributed by atoms with Gasteiger partial charge < -0.3 is 4.74 Å². The van der Waals surface area contributed by atoms with Crippen molar-refractivity contribution in [3.8, 4) is 0 Å². The van der Waals surface area contributed by atoms with Gasteiger partial charge in [-0.15, -0.1) is 0 Å². The summed E-state index contributed by atoms with van der Waals surface area (Å²) in [7, 11) is 1.69. The minimum absolute atomic E-state index is 0.665. The number of rotatable bonds is 4. The summed E-state index contributed by atoms with van der Waals surface area (Å²) in [5.74, 6) is 0.713. The second kappa shape index (κ2) is 5.06. The van der Waals surface area contributed by atoms with Crippen molar-refractivity contribution in [2.75, 3.05) is 20.4 Å². The monoisotopic (exact) mass is 117 g/mol. The van der Waals surface area contributed by atoms with Crippen LogP contribution in [0.15, 0.2) is 0 Å². The van der Waals surface area contributed by atoms with E-state index in [-0.39, 0.29) is 0 Å². The van der Waals surface area contributed by atoms with Gasteiger partial charge in [0.25, 0.3) is 0 Å². The molecule has 0 aromatic heterocycles. The molecule has 0 unspecified atom stereocenters. The molecule has 0 aromatic carbocycles. The Hall–Kier alpha value is -0.0800. The van der Waals surface area contributed by atoms with Crippen LogP contribution in [0.2, 0.25) is 0 Å². The highest BCUT2D eigenvalue weighted by atomic mass is 16.5.